The predicted molar refractivity (Wildman–Crippen MR) is 114 cm³/mol. The van der Waals surface area contributed by atoms with Crippen molar-refractivity contribution in [3.8, 4) is 11.5 Å². The second-order valence-corrected chi connectivity index (χ2v) is 6.98. The van der Waals surface area contributed by atoms with Crippen molar-refractivity contribution in [1.82, 2.24) is 10.3 Å². The van der Waals surface area contributed by atoms with Gasteiger partial charge in [0.2, 0.25) is 0 Å². The molecule has 0 aliphatic carbocycles. The molecule has 30 heavy (non-hydrogen) atoms. The maximum atomic E-state index is 12.6. The Morgan fingerprint density at radius 3 is 2.50 bits per heavy atom. The summed E-state index contributed by atoms with van der Waals surface area (Å²) in [5.41, 5.74) is 9.47. The Kier molecular flexibility index (Phi) is 7.26. The van der Waals surface area contributed by atoms with Gasteiger partial charge in [-0.3, -0.25) is 4.79 Å². The van der Waals surface area contributed by atoms with Crippen LogP contribution in [0.5, 0.6) is 11.5 Å². The number of benzene rings is 2. The van der Waals surface area contributed by atoms with Crippen LogP contribution in [-0.4, -0.2) is 43.3 Å². The number of rotatable bonds is 7. The van der Waals surface area contributed by atoms with E-state index in [0.717, 1.165) is 31.5 Å². The lowest BCUT2D eigenvalue weighted by Crippen LogP contribution is -2.35. The van der Waals surface area contributed by atoms with Crippen LogP contribution in [0.3, 0.4) is 0 Å². The third kappa shape index (κ3) is 5.73. The number of primary amides is 1. The van der Waals surface area contributed by atoms with E-state index in [4.69, 9.17) is 15.2 Å². The highest BCUT2D eigenvalue weighted by molar-refractivity contribution is 5.94. The van der Waals surface area contributed by atoms with Crippen LogP contribution in [-0.2, 0) is 6.61 Å². The van der Waals surface area contributed by atoms with Crippen LogP contribution in [0.15, 0.2) is 47.6 Å². The number of carbonyl (C=O) groups is 2. The number of nitrogens with one attached hydrogen (secondary N) is 1. The molecule has 8 nitrogen and oxygen atoms in total. The summed E-state index contributed by atoms with van der Waals surface area (Å²) in [5.74, 6) is 1.20. The van der Waals surface area contributed by atoms with Crippen molar-refractivity contribution in [2.45, 2.75) is 25.9 Å². The van der Waals surface area contributed by atoms with Crippen molar-refractivity contribution in [2.75, 3.05) is 20.2 Å². The van der Waals surface area contributed by atoms with Gasteiger partial charge in [-0.15, -0.1) is 0 Å². The average Bonchev–Trinajstić information content (AvgIpc) is 2.78. The molecule has 0 unspecified atom stereocenters. The molecule has 0 bridgehead atoms. The number of carbonyl (C=O) groups excluding carboxylic acids is 2. The van der Waals surface area contributed by atoms with Gasteiger partial charge in [-0.25, -0.2) is 10.2 Å². The lowest BCUT2D eigenvalue weighted by atomic mass is 10.1. The van der Waals surface area contributed by atoms with Crippen LogP contribution in [0, 0.1) is 0 Å². The van der Waals surface area contributed by atoms with Crippen molar-refractivity contribution in [3.05, 3.63) is 59.2 Å². The standard InChI is InChI=1S/C22H26N4O4/c1-29-20-13-17(14-24-25-22(23)28)7-10-19(20)30-15-16-5-8-18(9-6-16)21(27)26-11-3-2-4-12-26/h5-10,13-14H,2-4,11-12,15H2,1H3,(H3,23,25,28)/b24-14-. The second-order valence-electron chi connectivity index (χ2n) is 6.98. The molecule has 3 rings (SSSR count). The van der Waals surface area contributed by atoms with Crippen molar-refractivity contribution in [3.63, 3.8) is 0 Å². The van der Waals surface area contributed by atoms with Gasteiger partial charge < -0.3 is 20.1 Å². The number of hydrogen-bond donors (Lipinski definition) is 2. The zero-order valence-corrected chi connectivity index (χ0v) is 17.0. The summed E-state index contributed by atoms with van der Waals surface area (Å²) in [7, 11) is 1.55. The minimum Gasteiger partial charge on any atom is -0.493 e. The minimum atomic E-state index is -0.734. The van der Waals surface area contributed by atoms with Gasteiger partial charge in [0.1, 0.15) is 6.61 Å². The predicted octanol–water partition coefficient (Wildman–Crippen LogP) is 2.90. The molecular formula is C22H26N4O4. The summed E-state index contributed by atoms with van der Waals surface area (Å²) in [6.07, 6.45) is 4.80. The van der Waals surface area contributed by atoms with E-state index in [9.17, 15) is 9.59 Å². The van der Waals surface area contributed by atoms with Gasteiger partial charge >= 0.3 is 6.03 Å². The minimum absolute atomic E-state index is 0.0897. The third-order valence-corrected chi connectivity index (χ3v) is 4.81. The van der Waals surface area contributed by atoms with Gasteiger partial charge in [0, 0.05) is 18.7 Å². The van der Waals surface area contributed by atoms with E-state index in [1.54, 1.807) is 25.3 Å². The fraction of sp³-hybridized carbons (Fsp3) is 0.318. The van der Waals surface area contributed by atoms with Crippen LogP contribution in [0.25, 0.3) is 0 Å². The molecule has 3 amide bonds. The number of amides is 3. The van der Waals surface area contributed by atoms with Gasteiger partial charge in [0.05, 0.1) is 13.3 Å². The largest absolute Gasteiger partial charge is 0.493 e. The number of hydrogen-bond acceptors (Lipinski definition) is 5. The van der Waals surface area contributed by atoms with Crippen LogP contribution < -0.4 is 20.6 Å². The molecule has 2 aromatic rings. The number of nitrogens with zero attached hydrogens (tertiary/aromatic N) is 2. The number of nitrogens with two attached hydrogens (primary N) is 1. The molecule has 0 aromatic heterocycles. The van der Waals surface area contributed by atoms with Crippen molar-refractivity contribution in [1.29, 1.82) is 0 Å². The number of piperidine rings is 1. The van der Waals surface area contributed by atoms with E-state index < -0.39 is 6.03 Å². The van der Waals surface area contributed by atoms with Crippen molar-refractivity contribution in [2.24, 2.45) is 10.8 Å². The zero-order valence-electron chi connectivity index (χ0n) is 17.0. The monoisotopic (exact) mass is 410 g/mol. The Morgan fingerprint density at radius 2 is 1.83 bits per heavy atom. The maximum absolute atomic E-state index is 12.6. The molecule has 3 N–H and O–H groups in total. The molecule has 1 saturated heterocycles. The molecule has 0 spiro atoms. The van der Waals surface area contributed by atoms with E-state index in [0.29, 0.717) is 29.2 Å². The molecular weight excluding hydrogens is 384 g/mol. The van der Waals surface area contributed by atoms with E-state index in [2.05, 4.69) is 10.5 Å². The molecule has 158 valence electrons. The van der Waals surface area contributed by atoms with Crippen LogP contribution in [0.1, 0.15) is 40.7 Å². The first-order valence-electron chi connectivity index (χ1n) is 9.84. The molecule has 1 heterocycles. The number of urea groups is 1. The third-order valence-electron chi connectivity index (χ3n) is 4.81. The Hall–Kier alpha value is -3.55. The SMILES string of the molecule is COc1cc(/C=N\NC(N)=O)ccc1OCc1ccc(C(=O)N2CCCCC2)cc1. The van der Waals surface area contributed by atoms with Crippen molar-refractivity contribution >= 4 is 18.2 Å². The molecule has 8 heteroatoms. The summed E-state index contributed by atoms with van der Waals surface area (Å²) in [4.78, 5) is 25.1. The number of ether oxygens (including phenoxy) is 2. The first-order valence-corrected chi connectivity index (χ1v) is 9.84. The molecule has 1 aliphatic heterocycles. The lowest BCUT2D eigenvalue weighted by molar-refractivity contribution is 0.0724. The molecule has 1 aliphatic rings. The number of methoxy groups -OCH3 is 1. The Morgan fingerprint density at radius 1 is 1.10 bits per heavy atom. The first kappa shape index (κ1) is 21.2. The Labute approximate surface area is 175 Å². The van der Waals surface area contributed by atoms with Gasteiger partial charge in [-0.1, -0.05) is 12.1 Å². The second kappa shape index (κ2) is 10.3. The van der Waals surface area contributed by atoms with E-state index in [1.807, 2.05) is 29.2 Å². The van der Waals surface area contributed by atoms with Gasteiger partial charge in [0.25, 0.3) is 5.91 Å². The van der Waals surface area contributed by atoms with Gasteiger partial charge in [0.15, 0.2) is 11.5 Å². The number of likely N-dealkylation sites (tertiary alicyclic amines) is 1. The summed E-state index contributed by atoms with van der Waals surface area (Å²) in [6, 6.07) is 12.0. The van der Waals surface area contributed by atoms with Gasteiger partial charge in [-0.2, -0.15) is 5.10 Å². The van der Waals surface area contributed by atoms with Crippen LogP contribution >= 0.6 is 0 Å². The summed E-state index contributed by atoms with van der Waals surface area (Å²) in [6.45, 7) is 2.01. The topological polar surface area (TPSA) is 106 Å². The zero-order chi connectivity index (χ0) is 21.3. The highest BCUT2D eigenvalue weighted by Crippen LogP contribution is 2.28. The Balaban J connectivity index is 1.60. The Bertz CT molecular complexity index is 906. The lowest BCUT2D eigenvalue weighted by Gasteiger charge is -2.26. The normalized spacial score (nSPS) is 13.8. The average molecular weight is 410 g/mol. The molecule has 0 atom stereocenters. The summed E-state index contributed by atoms with van der Waals surface area (Å²) in [5, 5.41) is 3.72. The summed E-state index contributed by atoms with van der Waals surface area (Å²) < 4.78 is 11.2. The maximum Gasteiger partial charge on any atom is 0.332 e. The van der Waals surface area contributed by atoms with Crippen LogP contribution in [0.4, 0.5) is 4.79 Å². The molecule has 0 saturated carbocycles. The van der Waals surface area contributed by atoms with Crippen molar-refractivity contribution < 1.29 is 19.1 Å². The van der Waals surface area contributed by atoms with E-state index in [-0.39, 0.29) is 5.91 Å². The molecule has 1 fully saturated rings. The molecule has 0 radical (unpaired) electrons. The highest BCUT2D eigenvalue weighted by Gasteiger charge is 2.17. The highest BCUT2D eigenvalue weighted by atomic mass is 16.5. The molecule has 2 aromatic carbocycles. The fourth-order valence-electron chi connectivity index (χ4n) is 3.24. The van der Waals surface area contributed by atoms with Crippen LogP contribution in [0.2, 0.25) is 0 Å². The van der Waals surface area contributed by atoms with Gasteiger partial charge in [-0.05, 0) is 60.7 Å². The number of hydrazone groups is 1. The summed E-state index contributed by atoms with van der Waals surface area (Å²) >= 11 is 0. The van der Waals surface area contributed by atoms with E-state index in [1.165, 1.54) is 12.6 Å². The fourth-order valence-corrected chi connectivity index (χ4v) is 3.24. The smallest absolute Gasteiger partial charge is 0.332 e. The first-order chi connectivity index (χ1) is 14.6. The quantitative estimate of drug-likeness (QED) is 0.541. The van der Waals surface area contributed by atoms with E-state index >= 15 is 0 Å².